The summed E-state index contributed by atoms with van der Waals surface area (Å²) in [4.78, 5) is 34.2. The van der Waals surface area contributed by atoms with E-state index in [4.69, 9.17) is 14.6 Å². The minimum atomic E-state index is -4.67. The molecule has 0 radical (unpaired) electrons. The number of amides is 1. The number of alkyl halides is 3. The van der Waals surface area contributed by atoms with Crippen LogP contribution < -0.4 is 10.6 Å². The minimum absolute atomic E-state index is 0.0541. The van der Waals surface area contributed by atoms with Gasteiger partial charge in [0, 0.05) is 5.56 Å². The van der Waals surface area contributed by atoms with Gasteiger partial charge in [-0.2, -0.15) is 13.2 Å². The molecule has 0 heterocycles. The molecule has 0 aromatic heterocycles. The van der Waals surface area contributed by atoms with Crippen LogP contribution in [0.1, 0.15) is 37.5 Å². The lowest BCUT2D eigenvalue weighted by Crippen LogP contribution is -2.34. The van der Waals surface area contributed by atoms with Crippen molar-refractivity contribution in [1.29, 1.82) is 0 Å². The van der Waals surface area contributed by atoms with Crippen molar-refractivity contribution in [3.8, 4) is 0 Å². The zero-order chi connectivity index (χ0) is 22.4. The van der Waals surface area contributed by atoms with Crippen LogP contribution in [0, 0.1) is 6.92 Å². The number of rotatable bonds is 7. The summed E-state index contributed by atoms with van der Waals surface area (Å²) < 4.78 is 49.0. The van der Waals surface area contributed by atoms with Gasteiger partial charge in [0.25, 0.3) is 0 Å². The van der Waals surface area contributed by atoms with Gasteiger partial charge in [-0.3, -0.25) is 20.2 Å². The molecular weight excluding hydrogens is 397 g/mol. The van der Waals surface area contributed by atoms with Gasteiger partial charge in [0.05, 0.1) is 24.3 Å². The number of ether oxygens (including phenoxy) is 2. The van der Waals surface area contributed by atoms with Crippen molar-refractivity contribution in [3.05, 3.63) is 28.8 Å². The van der Waals surface area contributed by atoms with E-state index in [9.17, 15) is 27.6 Å². The number of carbonyl (C=O) groups is 3. The van der Waals surface area contributed by atoms with Crippen molar-refractivity contribution in [3.63, 3.8) is 0 Å². The van der Waals surface area contributed by atoms with Gasteiger partial charge in [-0.25, -0.2) is 4.79 Å². The Hall–Kier alpha value is -2.82. The summed E-state index contributed by atoms with van der Waals surface area (Å²) in [5.41, 5.74) is -2.12. The van der Waals surface area contributed by atoms with Gasteiger partial charge < -0.3 is 14.6 Å². The van der Waals surface area contributed by atoms with Crippen LogP contribution in [0.2, 0.25) is 0 Å². The molecule has 0 atom stereocenters. The predicted octanol–water partition coefficient (Wildman–Crippen LogP) is 3.08. The average molecular weight is 420 g/mol. The second-order valence-corrected chi connectivity index (χ2v) is 7.10. The topological polar surface area (TPSA) is 114 Å². The maximum atomic E-state index is 13.0. The number of hydrogen-bond acceptors (Lipinski definition) is 6. The summed E-state index contributed by atoms with van der Waals surface area (Å²) in [6.07, 6.45) is -6.23. The van der Waals surface area contributed by atoms with E-state index in [2.05, 4.69) is 5.32 Å². The summed E-state index contributed by atoms with van der Waals surface area (Å²) in [6, 6.07) is 1.74. The summed E-state index contributed by atoms with van der Waals surface area (Å²) in [5.74, 6) is -1.36. The highest BCUT2D eigenvalue weighted by Crippen LogP contribution is 2.35. The predicted molar refractivity (Wildman–Crippen MR) is 96.3 cm³/mol. The number of aryl methyl sites for hydroxylation is 1. The Kier molecular flexibility index (Phi) is 8.01. The quantitative estimate of drug-likeness (QED) is 0.581. The Morgan fingerprint density at radius 2 is 1.66 bits per heavy atom. The third-order valence-corrected chi connectivity index (χ3v) is 3.34. The van der Waals surface area contributed by atoms with Crippen LogP contribution in [0.5, 0.6) is 0 Å². The van der Waals surface area contributed by atoms with Crippen LogP contribution in [0.4, 0.5) is 23.7 Å². The van der Waals surface area contributed by atoms with E-state index < -0.39 is 42.0 Å². The summed E-state index contributed by atoms with van der Waals surface area (Å²) >= 11 is 0. The monoisotopic (exact) mass is 420 g/mol. The van der Waals surface area contributed by atoms with Crippen LogP contribution in [-0.2, 0) is 31.8 Å². The van der Waals surface area contributed by atoms with Gasteiger partial charge in [-0.15, -0.1) is 0 Å². The number of benzene rings is 1. The molecule has 0 spiro atoms. The fourth-order valence-corrected chi connectivity index (χ4v) is 2.28. The lowest BCUT2D eigenvalue weighted by molar-refractivity contribution is -0.153. The third-order valence-electron chi connectivity index (χ3n) is 3.34. The van der Waals surface area contributed by atoms with Crippen molar-refractivity contribution >= 4 is 23.7 Å². The Bertz CT molecular complexity index is 772. The molecule has 8 nitrogen and oxygen atoms in total. The molecule has 162 valence electrons. The summed E-state index contributed by atoms with van der Waals surface area (Å²) in [7, 11) is 0. The van der Waals surface area contributed by atoms with Crippen molar-refractivity contribution in [2.24, 2.45) is 0 Å². The summed E-state index contributed by atoms with van der Waals surface area (Å²) in [6.45, 7) is 5.23. The fraction of sp³-hybridized carbons (Fsp3) is 0.500. The molecule has 0 aliphatic rings. The van der Waals surface area contributed by atoms with Gasteiger partial charge in [0.2, 0.25) is 0 Å². The zero-order valence-electron chi connectivity index (χ0n) is 16.4. The first-order chi connectivity index (χ1) is 13.2. The van der Waals surface area contributed by atoms with E-state index in [1.807, 2.05) is 5.32 Å². The van der Waals surface area contributed by atoms with E-state index in [1.165, 1.54) is 6.92 Å². The summed E-state index contributed by atoms with van der Waals surface area (Å²) in [5, 5.41) is 13.2. The molecule has 11 heteroatoms. The lowest BCUT2D eigenvalue weighted by atomic mass is 10.0. The first-order valence-corrected chi connectivity index (χ1v) is 8.48. The molecule has 0 aliphatic carbocycles. The standard InChI is InChI=1S/C18H23F3N2O6/c1-10-5-11(13(23-16(26)27)6-12(10)18(19,20)21)9-28-14(24)7-22-8-15(25)29-17(2,3)4/h5-6,22-23H,7-9H2,1-4H3,(H,26,27). The molecule has 1 aromatic carbocycles. The number of hydrogen-bond donors (Lipinski definition) is 3. The molecular formula is C18H23F3N2O6. The Morgan fingerprint density at radius 1 is 1.07 bits per heavy atom. The second-order valence-electron chi connectivity index (χ2n) is 7.10. The van der Waals surface area contributed by atoms with Gasteiger partial charge >= 0.3 is 24.2 Å². The number of carboxylic acid groups (broad SMARTS) is 1. The number of nitrogens with one attached hydrogen (secondary N) is 2. The van der Waals surface area contributed by atoms with E-state index >= 15 is 0 Å². The molecule has 0 saturated heterocycles. The molecule has 1 aromatic rings. The van der Waals surface area contributed by atoms with E-state index in [0.717, 1.165) is 6.07 Å². The van der Waals surface area contributed by atoms with E-state index in [0.29, 0.717) is 6.07 Å². The molecule has 1 rings (SSSR count). The van der Waals surface area contributed by atoms with Gasteiger partial charge in [0.15, 0.2) is 0 Å². The number of anilines is 1. The number of halogens is 3. The van der Waals surface area contributed by atoms with Gasteiger partial charge in [-0.05, 0) is 45.4 Å². The largest absolute Gasteiger partial charge is 0.465 e. The van der Waals surface area contributed by atoms with Crippen LogP contribution in [0.3, 0.4) is 0 Å². The molecule has 0 fully saturated rings. The zero-order valence-corrected chi connectivity index (χ0v) is 16.4. The fourth-order valence-electron chi connectivity index (χ4n) is 2.28. The highest BCUT2D eigenvalue weighted by atomic mass is 19.4. The minimum Gasteiger partial charge on any atom is -0.465 e. The maximum absolute atomic E-state index is 13.0. The molecule has 0 saturated carbocycles. The van der Waals surface area contributed by atoms with E-state index in [-0.39, 0.29) is 29.9 Å². The van der Waals surface area contributed by atoms with Crippen molar-refractivity contribution in [2.75, 3.05) is 18.4 Å². The molecule has 0 unspecified atom stereocenters. The second kappa shape index (κ2) is 9.59. The average Bonchev–Trinajstić information content (AvgIpc) is 2.51. The maximum Gasteiger partial charge on any atom is 0.416 e. The first-order valence-electron chi connectivity index (χ1n) is 8.48. The Balaban J connectivity index is 2.72. The van der Waals surface area contributed by atoms with Crippen LogP contribution in [0.25, 0.3) is 0 Å². The normalized spacial score (nSPS) is 11.7. The third kappa shape index (κ3) is 8.81. The van der Waals surface area contributed by atoms with E-state index in [1.54, 1.807) is 20.8 Å². The molecule has 3 N–H and O–H groups in total. The molecule has 0 aliphatic heterocycles. The van der Waals surface area contributed by atoms with Gasteiger partial charge in [0.1, 0.15) is 12.2 Å². The van der Waals surface area contributed by atoms with Crippen molar-refractivity contribution < 1.29 is 42.1 Å². The first kappa shape index (κ1) is 24.2. The van der Waals surface area contributed by atoms with Crippen LogP contribution in [-0.4, -0.2) is 41.8 Å². The Labute approximate surface area is 165 Å². The van der Waals surface area contributed by atoms with Gasteiger partial charge in [-0.1, -0.05) is 0 Å². The van der Waals surface area contributed by atoms with Crippen molar-refractivity contribution in [1.82, 2.24) is 5.32 Å². The highest BCUT2D eigenvalue weighted by Gasteiger charge is 2.33. The smallest absolute Gasteiger partial charge is 0.416 e. The number of esters is 2. The highest BCUT2D eigenvalue weighted by molar-refractivity contribution is 5.84. The lowest BCUT2D eigenvalue weighted by Gasteiger charge is -2.19. The van der Waals surface area contributed by atoms with Crippen LogP contribution in [0.15, 0.2) is 12.1 Å². The number of carbonyl (C=O) groups excluding carboxylic acids is 2. The Morgan fingerprint density at radius 3 is 2.17 bits per heavy atom. The molecule has 0 bridgehead atoms. The van der Waals surface area contributed by atoms with Crippen LogP contribution >= 0.6 is 0 Å². The molecule has 1 amide bonds. The van der Waals surface area contributed by atoms with Crippen molar-refractivity contribution in [2.45, 2.75) is 46.1 Å². The molecule has 29 heavy (non-hydrogen) atoms. The SMILES string of the molecule is Cc1cc(COC(=O)CNCC(=O)OC(C)(C)C)c(NC(=O)O)cc1C(F)(F)F.